The monoisotopic (exact) mass is 454 g/mol. The Labute approximate surface area is 188 Å². The van der Waals surface area contributed by atoms with Crippen molar-refractivity contribution < 1.29 is 12.8 Å². The maximum absolute atomic E-state index is 13.1. The largest absolute Gasteiger partial charge is 0.294 e. The predicted molar refractivity (Wildman–Crippen MR) is 122 cm³/mol. The maximum Gasteiger partial charge on any atom is 0.261 e. The molecular weight excluding hydrogens is 427 g/mol. The van der Waals surface area contributed by atoms with Crippen molar-refractivity contribution >= 4 is 15.7 Å². The van der Waals surface area contributed by atoms with Crippen molar-refractivity contribution in [1.29, 1.82) is 0 Å². The molecule has 1 aromatic heterocycles. The zero-order valence-corrected chi connectivity index (χ0v) is 19.3. The van der Waals surface area contributed by atoms with E-state index in [2.05, 4.69) is 40.4 Å². The van der Waals surface area contributed by atoms with Crippen molar-refractivity contribution in [2.24, 2.45) is 0 Å². The van der Waals surface area contributed by atoms with Crippen LogP contribution in [0.1, 0.15) is 43.3 Å². The molecule has 6 nitrogen and oxygen atoms in total. The number of sulfonamides is 1. The van der Waals surface area contributed by atoms with Crippen LogP contribution in [0.3, 0.4) is 0 Å². The number of nitrogens with one attached hydrogen (secondary N) is 1. The summed E-state index contributed by atoms with van der Waals surface area (Å²) in [5.74, 6) is 0.413. The Morgan fingerprint density at radius 1 is 1.03 bits per heavy atom. The zero-order chi connectivity index (χ0) is 22.9. The number of nitrogens with zero attached hydrogens (tertiary/aromatic N) is 3. The summed E-state index contributed by atoms with van der Waals surface area (Å²) < 4.78 is 41.1. The fourth-order valence-corrected chi connectivity index (χ4v) is 4.81. The van der Waals surface area contributed by atoms with Gasteiger partial charge in [-0.2, -0.15) is 0 Å². The van der Waals surface area contributed by atoms with Gasteiger partial charge in [0.05, 0.1) is 4.90 Å². The molecule has 4 rings (SSSR count). The van der Waals surface area contributed by atoms with Crippen LogP contribution < -0.4 is 4.72 Å². The molecule has 0 radical (unpaired) electrons. The normalized spacial score (nSPS) is 14.8. The first kappa shape index (κ1) is 22.4. The first-order valence-corrected chi connectivity index (χ1v) is 12.0. The highest BCUT2D eigenvalue weighted by Crippen LogP contribution is 2.25. The highest BCUT2D eigenvalue weighted by atomic mass is 32.2. The summed E-state index contributed by atoms with van der Waals surface area (Å²) in [6, 6.07) is 10.5. The van der Waals surface area contributed by atoms with Gasteiger partial charge < -0.3 is 0 Å². The van der Waals surface area contributed by atoms with Crippen molar-refractivity contribution in [1.82, 2.24) is 14.9 Å². The number of hydrogen-bond donors (Lipinski definition) is 1. The van der Waals surface area contributed by atoms with Crippen molar-refractivity contribution in [3.8, 4) is 0 Å². The van der Waals surface area contributed by atoms with Gasteiger partial charge in [0.15, 0.2) is 0 Å². The minimum atomic E-state index is -3.74. The smallest absolute Gasteiger partial charge is 0.261 e. The predicted octanol–water partition coefficient (Wildman–Crippen LogP) is 4.27. The van der Waals surface area contributed by atoms with E-state index < -0.39 is 15.8 Å². The third-order valence-electron chi connectivity index (χ3n) is 5.46. The van der Waals surface area contributed by atoms with E-state index in [-0.39, 0.29) is 10.3 Å². The zero-order valence-electron chi connectivity index (χ0n) is 18.5. The lowest BCUT2D eigenvalue weighted by Gasteiger charge is -2.29. The molecule has 0 saturated carbocycles. The molecular formula is C24H27FN4O2S. The third kappa shape index (κ3) is 5.14. The second kappa shape index (κ2) is 8.60. The maximum atomic E-state index is 13.1. The van der Waals surface area contributed by atoms with Crippen LogP contribution in [0.5, 0.6) is 0 Å². The molecule has 1 N–H and O–H groups in total. The van der Waals surface area contributed by atoms with Crippen LogP contribution in [0.25, 0.3) is 0 Å². The third-order valence-corrected chi connectivity index (χ3v) is 6.84. The van der Waals surface area contributed by atoms with Gasteiger partial charge in [-0.25, -0.2) is 22.8 Å². The molecule has 0 atom stereocenters. The van der Waals surface area contributed by atoms with Gasteiger partial charge in [-0.15, -0.1) is 0 Å². The lowest BCUT2D eigenvalue weighted by Crippen LogP contribution is -2.30. The van der Waals surface area contributed by atoms with Gasteiger partial charge in [-0.1, -0.05) is 26.8 Å². The Kier molecular flexibility index (Phi) is 6.01. The minimum Gasteiger partial charge on any atom is -0.294 e. The molecule has 0 saturated heterocycles. The second-order valence-corrected chi connectivity index (χ2v) is 10.9. The number of fused-ring (bicyclic) bond motifs is 1. The molecule has 32 heavy (non-hydrogen) atoms. The van der Waals surface area contributed by atoms with Gasteiger partial charge in [-0.05, 0) is 53.9 Å². The summed E-state index contributed by atoms with van der Waals surface area (Å²) in [5.41, 5.74) is 3.46. The standard InChI is InChI=1S/C24H27FN4O2S/c1-24(2,3)23-26-13-17(14-27-23)15-29-11-10-18-12-22(9-4-19(18)16-29)32(30,31)28-21-7-5-20(25)6-8-21/h4-9,12-14,28H,10-11,15-16H2,1-3H3. The molecule has 2 aromatic carbocycles. The molecule has 0 amide bonds. The lowest BCUT2D eigenvalue weighted by atomic mass is 9.96. The minimum absolute atomic E-state index is 0.0772. The Bertz CT molecular complexity index is 1200. The molecule has 0 bridgehead atoms. The molecule has 0 unspecified atom stereocenters. The van der Waals surface area contributed by atoms with E-state index in [9.17, 15) is 12.8 Å². The summed E-state index contributed by atoms with van der Waals surface area (Å²) in [6.45, 7) is 8.58. The van der Waals surface area contributed by atoms with Crippen LogP contribution in [-0.4, -0.2) is 29.8 Å². The molecule has 8 heteroatoms. The van der Waals surface area contributed by atoms with Crippen LogP contribution in [0.2, 0.25) is 0 Å². The number of rotatable bonds is 5. The first-order valence-electron chi connectivity index (χ1n) is 10.5. The fraction of sp³-hybridized carbons (Fsp3) is 0.333. The second-order valence-electron chi connectivity index (χ2n) is 9.17. The quantitative estimate of drug-likeness (QED) is 0.623. The molecule has 0 spiro atoms. The Balaban J connectivity index is 1.44. The molecule has 0 fully saturated rings. The van der Waals surface area contributed by atoms with Crippen LogP contribution in [0.4, 0.5) is 10.1 Å². The molecule has 3 aromatic rings. The van der Waals surface area contributed by atoms with Gasteiger partial charge in [0.1, 0.15) is 11.6 Å². The highest BCUT2D eigenvalue weighted by molar-refractivity contribution is 7.92. The molecule has 0 aliphatic carbocycles. The number of hydrogen-bond acceptors (Lipinski definition) is 5. The first-order chi connectivity index (χ1) is 15.1. The lowest BCUT2D eigenvalue weighted by molar-refractivity contribution is 0.244. The molecule has 1 aliphatic rings. The Hall–Kier alpha value is -2.84. The van der Waals surface area contributed by atoms with Gasteiger partial charge in [0, 0.05) is 48.7 Å². The van der Waals surface area contributed by atoms with E-state index in [1.54, 1.807) is 12.1 Å². The summed E-state index contributed by atoms with van der Waals surface area (Å²) in [7, 11) is -3.74. The van der Waals surface area contributed by atoms with Crippen molar-refractivity contribution in [2.75, 3.05) is 11.3 Å². The number of benzene rings is 2. The van der Waals surface area contributed by atoms with Crippen LogP contribution in [-0.2, 0) is 34.9 Å². The van der Waals surface area contributed by atoms with Crippen LogP contribution in [0.15, 0.2) is 59.8 Å². The van der Waals surface area contributed by atoms with Gasteiger partial charge in [0.2, 0.25) is 0 Å². The molecule has 2 heterocycles. The van der Waals surface area contributed by atoms with Crippen molar-refractivity contribution in [3.05, 3.63) is 83.2 Å². The summed E-state index contributed by atoms with van der Waals surface area (Å²) in [4.78, 5) is 11.5. The SMILES string of the molecule is CC(C)(C)c1ncc(CN2CCc3cc(S(=O)(=O)Nc4ccc(F)cc4)ccc3C2)cn1. The van der Waals surface area contributed by atoms with E-state index >= 15 is 0 Å². The van der Waals surface area contributed by atoms with Gasteiger partial charge >= 0.3 is 0 Å². The summed E-state index contributed by atoms with van der Waals surface area (Å²) in [5, 5.41) is 0. The molecule has 1 aliphatic heterocycles. The Morgan fingerprint density at radius 3 is 2.38 bits per heavy atom. The average molecular weight is 455 g/mol. The van der Waals surface area contributed by atoms with E-state index in [4.69, 9.17) is 0 Å². The fourth-order valence-electron chi connectivity index (χ4n) is 3.70. The van der Waals surface area contributed by atoms with Crippen molar-refractivity contribution in [2.45, 2.75) is 50.6 Å². The topological polar surface area (TPSA) is 75.2 Å². The van der Waals surface area contributed by atoms with E-state index in [1.807, 2.05) is 18.5 Å². The van der Waals surface area contributed by atoms with E-state index in [1.165, 1.54) is 24.3 Å². The summed E-state index contributed by atoms with van der Waals surface area (Å²) in [6.07, 6.45) is 4.54. The molecule has 168 valence electrons. The van der Waals surface area contributed by atoms with Crippen LogP contribution >= 0.6 is 0 Å². The van der Waals surface area contributed by atoms with Gasteiger partial charge in [-0.3, -0.25) is 9.62 Å². The Morgan fingerprint density at radius 2 is 1.72 bits per heavy atom. The van der Waals surface area contributed by atoms with Gasteiger partial charge in [0.25, 0.3) is 10.0 Å². The highest BCUT2D eigenvalue weighted by Gasteiger charge is 2.22. The summed E-state index contributed by atoms with van der Waals surface area (Å²) >= 11 is 0. The van der Waals surface area contributed by atoms with E-state index in [0.717, 1.165) is 48.6 Å². The number of aromatic nitrogens is 2. The van der Waals surface area contributed by atoms with E-state index in [0.29, 0.717) is 5.69 Å². The van der Waals surface area contributed by atoms with Crippen molar-refractivity contribution in [3.63, 3.8) is 0 Å². The number of halogens is 1. The average Bonchev–Trinajstić information content (AvgIpc) is 2.74. The van der Waals surface area contributed by atoms with Crippen LogP contribution in [0, 0.1) is 5.82 Å². The number of anilines is 1.